The Labute approximate surface area is 568 Å². The zero-order valence-corrected chi connectivity index (χ0v) is 58.1. The fourth-order valence-electron chi connectivity index (χ4n) is 12.7. The lowest BCUT2D eigenvalue weighted by molar-refractivity contribution is 0.264. The average Bonchev–Trinajstić information content (AvgIpc) is 0.787. The van der Waals surface area contributed by atoms with E-state index >= 15 is 0 Å². The molecule has 1 aliphatic rings. The molecule has 0 heterocycles. The Balaban J connectivity index is 1.29. The first kappa shape index (κ1) is 69.5. The average molecular weight is 1270 g/mol. The van der Waals surface area contributed by atoms with Crippen molar-refractivity contribution in [2.75, 3.05) is 39.6 Å². The maximum absolute atomic E-state index is 6.83. The third kappa shape index (κ3) is 18.4. The predicted octanol–water partition coefficient (Wildman–Crippen LogP) is 19.6. The zero-order valence-electron chi connectivity index (χ0n) is 58.1. The molecule has 0 N–H and O–H groups in total. The third-order valence-electron chi connectivity index (χ3n) is 18.0. The van der Waals surface area contributed by atoms with E-state index in [0.717, 1.165) is 246 Å². The van der Waals surface area contributed by atoms with Crippen LogP contribution in [0, 0.1) is 0 Å². The highest BCUT2D eigenvalue weighted by Crippen LogP contribution is 2.46. The highest BCUT2D eigenvalue weighted by Gasteiger charge is 2.21. The lowest BCUT2D eigenvalue weighted by atomic mass is 9.98. The van der Waals surface area contributed by atoms with Gasteiger partial charge in [0.25, 0.3) is 0 Å². The molecule has 96 heavy (non-hydrogen) atoms. The molecule has 492 valence electrons. The summed E-state index contributed by atoms with van der Waals surface area (Å²) in [6.07, 6.45) is 26.3. The third-order valence-corrected chi connectivity index (χ3v) is 18.0. The summed E-state index contributed by atoms with van der Waals surface area (Å²) in [5.74, 6) is 4.63. The van der Waals surface area contributed by atoms with Crippen LogP contribution in [-0.4, -0.2) is 39.6 Å². The molecule has 6 heteroatoms. The Morgan fingerprint density at radius 3 is 0.490 bits per heavy atom. The number of hydrogen-bond acceptors (Lipinski definition) is 6. The Bertz CT molecular complexity index is 4220. The van der Waals surface area contributed by atoms with Crippen LogP contribution in [0.3, 0.4) is 0 Å². The van der Waals surface area contributed by atoms with Gasteiger partial charge in [-0.1, -0.05) is 192 Å². The molecule has 0 saturated heterocycles. The summed E-state index contributed by atoms with van der Waals surface area (Å²) in [6.45, 7) is 17.0. The predicted molar refractivity (Wildman–Crippen MR) is 401 cm³/mol. The van der Waals surface area contributed by atoms with Gasteiger partial charge in [0.2, 0.25) is 0 Å². The van der Waals surface area contributed by atoms with Gasteiger partial charge in [-0.3, -0.25) is 0 Å². The minimum atomic E-state index is 0.597. The van der Waals surface area contributed by atoms with E-state index in [9.17, 15) is 0 Å². The van der Waals surface area contributed by atoms with Crippen molar-refractivity contribution in [2.24, 2.45) is 0 Å². The standard InChI is InChI=1S/C90H96O6/c1-7-13-19-31-55-91-85-73-49-43-67-37-25-26-39-69-45-51-75-81(63-69)83-65-71(47-53-77(83)89(95-59-35-23-17-11-5)87(75)93-57-33-21-15-9-3)41-29-30-42-72-48-54-78-84(66-72)82-64-70(46-52-76(82)88(94-58-34-22-16-10-4)90(78)96-60-36-24-18-12-6)40-28-27-38-68-44-50-74(80(62-68)79(73)61-67)86(85)92-56-32-20-14-8-2/h43-54,61-66H,7-24,31-36,55-60H2,1-6H3. The smallest absolute Gasteiger partial charge is 0.169 e. The van der Waals surface area contributed by atoms with E-state index < -0.39 is 0 Å². The SMILES string of the molecule is CCCCCCOc1c(OCCCCCC)c2ccc3cc2c2cc(ccc12)=C=C=C=C=c1ccc2c(OCCCCCC)c(OCCCCCC)c4ccc(cc4c2c1)=C=C=C=C=c1ccc2c(OCCCCCC)c(OCCCCCC)c4ccc(cc4c2c1)=C=C=C=C=3. The van der Waals surface area contributed by atoms with E-state index in [-0.39, 0.29) is 0 Å². The summed E-state index contributed by atoms with van der Waals surface area (Å²) in [5.41, 5.74) is 39.9. The molecule has 9 aromatic carbocycles. The fourth-order valence-corrected chi connectivity index (χ4v) is 12.7. The van der Waals surface area contributed by atoms with Gasteiger partial charge >= 0.3 is 0 Å². The maximum atomic E-state index is 6.83. The normalized spacial score (nSPS) is 11.4. The molecule has 0 aliphatic heterocycles. The van der Waals surface area contributed by atoms with Crippen molar-refractivity contribution in [2.45, 2.75) is 196 Å². The molecule has 12 bridgehead atoms. The van der Waals surface area contributed by atoms with E-state index in [1.165, 1.54) is 38.5 Å². The summed E-state index contributed by atoms with van der Waals surface area (Å²) in [4.78, 5) is 0. The van der Waals surface area contributed by atoms with Crippen molar-refractivity contribution in [1.29, 1.82) is 0 Å². The molecular formula is C90H96O6. The van der Waals surface area contributed by atoms with Crippen molar-refractivity contribution in [3.63, 3.8) is 0 Å². The van der Waals surface area contributed by atoms with E-state index in [4.69, 9.17) is 28.4 Å². The first-order valence-electron chi connectivity index (χ1n) is 36.4. The zero-order chi connectivity index (χ0) is 66.5. The van der Waals surface area contributed by atoms with Crippen molar-refractivity contribution in [3.8, 4) is 34.5 Å². The second kappa shape index (κ2) is 37.1. The number of hydrogen-bond donors (Lipinski definition) is 0. The van der Waals surface area contributed by atoms with Gasteiger partial charge in [-0.15, -0.1) is 0 Å². The van der Waals surface area contributed by atoms with Crippen molar-refractivity contribution in [3.05, 3.63) is 175 Å². The van der Waals surface area contributed by atoms with E-state index in [2.05, 4.69) is 220 Å². The second-order valence-corrected chi connectivity index (χ2v) is 25.5. The molecule has 0 aromatic heterocycles. The van der Waals surface area contributed by atoms with Crippen molar-refractivity contribution < 1.29 is 28.4 Å². The van der Waals surface area contributed by atoms with Crippen molar-refractivity contribution >= 4 is 99.0 Å². The molecule has 0 radical (unpaired) electrons. The molecule has 0 atom stereocenters. The van der Waals surface area contributed by atoms with Gasteiger partial charge < -0.3 is 28.4 Å². The van der Waals surface area contributed by atoms with Gasteiger partial charge in [0.05, 0.1) is 39.6 Å². The van der Waals surface area contributed by atoms with Crippen LogP contribution >= 0.6 is 0 Å². The molecule has 0 amide bonds. The van der Waals surface area contributed by atoms with Crippen LogP contribution in [0.5, 0.6) is 34.5 Å². The molecule has 0 spiro atoms. The monoisotopic (exact) mass is 1270 g/mol. The Morgan fingerprint density at radius 2 is 0.344 bits per heavy atom. The molecule has 10 rings (SSSR count). The highest BCUT2D eigenvalue weighted by molar-refractivity contribution is 6.16. The molecule has 1 aliphatic carbocycles. The molecule has 0 fully saturated rings. The van der Waals surface area contributed by atoms with Gasteiger partial charge in [-0.2, -0.15) is 0 Å². The van der Waals surface area contributed by atoms with Crippen LogP contribution in [-0.2, 0) is 0 Å². The number of benzene rings is 9. The van der Waals surface area contributed by atoms with Crippen LogP contribution in [0.1, 0.15) is 196 Å². The summed E-state index contributed by atoms with van der Waals surface area (Å²) in [5, 5.41) is 16.9. The van der Waals surface area contributed by atoms with Gasteiger partial charge in [0.15, 0.2) is 34.5 Å². The minimum absolute atomic E-state index is 0.597. The quantitative estimate of drug-likeness (QED) is 0.0222. The molecule has 9 aromatic rings. The van der Waals surface area contributed by atoms with Crippen molar-refractivity contribution in [1.82, 2.24) is 0 Å². The summed E-state index contributed by atoms with van der Waals surface area (Å²) in [6, 6.07) is 38.2. The topological polar surface area (TPSA) is 55.4 Å². The highest BCUT2D eigenvalue weighted by atomic mass is 16.5. The first-order chi connectivity index (χ1) is 47.4. The molecule has 0 saturated carbocycles. The lowest BCUT2D eigenvalue weighted by Gasteiger charge is -2.19. The molecule has 0 unspecified atom stereocenters. The Hall–Kier alpha value is -9.30. The van der Waals surface area contributed by atoms with E-state index in [1.807, 2.05) is 0 Å². The maximum Gasteiger partial charge on any atom is 0.169 e. The molecule has 6 nitrogen and oxygen atoms in total. The number of ether oxygens (including phenoxy) is 6. The minimum Gasteiger partial charge on any atom is -0.489 e. The van der Waals surface area contributed by atoms with Crippen LogP contribution in [0.25, 0.3) is 99.0 Å². The fraction of sp³-hybridized carbons (Fsp3) is 0.400. The van der Waals surface area contributed by atoms with E-state index in [1.54, 1.807) is 0 Å². The van der Waals surface area contributed by atoms with Crippen LogP contribution in [0.15, 0.2) is 144 Å². The van der Waals surface area contributed by atoms with Gasteiger partial charge in [-0.25, -0.2) is 0 Å². The Morgan fingerprint density at radius 1 is 0.188 bits per heavy atom. The largest absolute Gasteiger partial charge is 0.489 e. The Kier molecular flexibility index (Phi) is 26.9. The number of rotatable bonds is 36. The summed E-state index contributed by atoms with van der Waals surface area (Å²) < 4.78 is 41.0. The van der Waals surface area contributed by atoms with Crippen LogP contribution in [0.4, 0.5) is 0 Å². The second-order valence-electron chi connectivity index (χ2n) is 25.5. The van der Waals surface area contributed by atoms with E-state index in [0.29, 0.717) is 39.6 Å². The number of fused-ring (bicyclic) bond motifs is 6. The number of unbranched alkanes of at least 4 members (excludes halogenated alkanes) is 18. The molecular weight excluding hydrogens is 1180 g/mol. The first-order valence-corrected chi connectivity index (χ1v) is 36.4. The van der Waals surface area contributed by atoms with Gasteiger partial charge in [0, 0.05) is 63.6 Å². The lowest BCUT2D eigenvalue weighted by Crippen LogP contribution is -2.07. The van der Waals surface area contributed by atoms with Crippen LogP contribution in [0.2, 0.25) is 0 Å². The van der Waals surface area contributed by atoms with Crippen LogP contribution < -0.4 is 59.7 Å². The van der Waals surface area contributed by atoms with Gasteiger partial charge in [-0.05, 0) is 214 Å². The summed E-state index contributed by atoms with van der Waals surface area (Å²) >= 11 is 0. The van der Waals surface area contributed by atoms with Gasteiger partial charge in [0.1, 0.15) is 0 Å². The summed E-state index contributed by atoms with van der Waals surface area (Å²) in [7, 11) is 0.